The Labute approximate surface area is 188 Å². The van der Waals surface area contributed by atoms with E-state index in [1.54, 1.807) is 40.1 Å². The summed E-state index contributed by atoms with van der Waals surface area (Å²) in [5, 5.41) is 3.63. The van der Waals surface area contributed by atoms with Crippen molar-refractivity contribution in [3.05, 3.63) is 86.4 Å². The number of fused-ring (bicyclic) bond motifs is 1. The smallest absolute Gasteiger partial charge is 0.258 e. The lowest BCUT2D eigenvalue weighted by Gasteiger charge is -2.21. The summed E-state index contributed by atoms with van der Waals surface area (Å²) in [5.41, 5.74) is 2.09. The number of nitrogens with zero attached hydrogens (tertiary/aromatic N) is 3. The lowest BCUT2D eigenvalue weighted by Crippen LogP contribution is -2.32. The fourth-order valence-corrected chi connectivity index (χ4v) is 4.94. The van der Waals surface area contributed by atoms with Crippen LogP contribution in [0.1, 0.15) is 33.8 Å². The molecule has 158 valence electrons. The molecule has 0 radical (unpaired) electrons. The predicted molar refractivity (Wildman–Crippen MR) is 126 cm³/mol. The molecule has 0 bridgehead atoms. The maximum atomic E-state index is 13.3. The Morgan fingerprint density at radius 1 is 1.13 bits per heavy atom. The summed E-state index contributed by atoms with van der Waals surface area (Å²) in [4.78, 5) is 40.2. The molecule has 0 unspecified atom stereocenters. The summed E-state index contributed by atoms with van der Waals surface area (Å²) in [6.07, 6.45) is 0. The van der Waals surface area contributed by atoms with Crippen molar-refractivity contribution < 1.29 is 4.79 Å². The van der Waals surface area contributed by atoms with Gasteiger partial charge in [-0.15, -0.1) is 23.1 Å². The summed E-state index contributed by atoms with van der Waals surface area (Å²) < 4.78 is 0. The summed E-state index contributed by atoms with van der Waals surface area (Å²) in [6, 6.07) is 14.8. The van der Waals surface area contributed by atoms with Crippen LogP contribution in [0.2, 0.25) is 0 Å². The molecule has 0 saturated heterocycles. The van der Waals surface area contributed by atoms with Crippen LogP contribution in [0.25, 0.3) is 10.9 Å². The van der Waals surface area contributed by atoms with E-state index in [0.717, 1.165) is 15.6 Å². The molecule has 31 heavy (non-hydrogen) atoms. The topological polar surface area (TPSA) is 79.0 Å². The van der Waals surface area contributed by atoms with Gasteiger partial charge in [0.25, 0.3) is 11.5 Å². The van der Waals surface area contributed by atoms with Crippen LogP contribution in [0.4, 0.5) is 0 Å². The van der Waals surface area contributed by atoms with Crippen molar-refractivity contribution in [3.8, 4) is 0 Å². The van der Waals surface area contributed by atoms with Gasteiger partial charge < -0.3 is 9.88 Å². The number of aryl methyl sites for hydroxylation is 1. The van der Waals surface area contributed by atoms with Gasteiger partial charge in [0.1, 0.15) is 5.82 Å². The van der Waals surface area contributed by atoms with E-state index in [-0.39, 0.29) is 18.0 Å². The van der Waals surface area contributed by atoms with E-state index in [1.165, 1.54) is 0 Å². The molecule has 2 aromatic carbocycles. The number of aromatic amines is 1. The lowest BCUT2D eigenvalue weighted by molar-refractivity contribution is 0.0745. The van der Waals surface area contributed by atoms with Gasteiger partial charge in [0.05, 0.1) is 33.7 Å². The fraction of sp³-hybridized carbons (Fsp3) is 0.217. The Kier molecular flexibility index (Phi) is 6.48. The first-order chi connectivity index (χ1) is 15.0. The maximum absolute atomic E-state index is 13.3. The number of carbonyl (C=O) groups excluding carboxylic acids is 1. The number of thiazole rings is 1. The van der Waals surface area contributed by atoms with Crippen LogP contribution in [-0.2, 0) is 12.3 Å². The van der Waals surface area contributed by atoms with Gasteiger partial charge >= 0.3 is 0 Å². The molecule has 2 heterocycles. The van der Waals surface area contributed by atoms with Gasteiger partial charge in [-0.3, -0.25) is 9.59 Å². The summed E-state index contributed by atoms with van der Waals surface area (Å²) in [5.74, 6) is 1.10. The highest BCUT2D eigenvalue weighted by molar-refractivity contribution is 7.98. The molecule has 0 spiro atoms. The third kappa shape index (κ3) is 4.86. The number of rotatable bonds is 7. The van der Waals surface area contributed by atoms with Gasteiger partial charge in [0, 0.05) is 22.6 Å². The number of thioether (sulfide) groups is 1. The Bertz CT molecular complexity index is 1280. The van der Waals surface area contributed by atoms with Gasteiger partial charge in [-0.25, -0.2) is 9.97 Å². The molecule has 0 aliphatic carbocycles. The zero-order valence-corrected chi connectivity index (χ0v) is 18.9. The molecule has 0 aliphatic rings. The van der Waals surface area contributed by atoms with Crippen LogP contribution < -0.4 is 5.56 Å². The minimum absolute atomic E-state index is 0.0872. The van der Waals surface area contributed by atoms with E-state index in [4.69, 9.17) is 0 Å². The minimum Gasteiger partial charge on any atom is -0.331 e. The number of H-pyrrole nitrogens is 1. The first-order valence-corrected chi connectivity index (χ1v) is 11.8. The number of nitrogens with one attached hydrogen (secondary N) is 1. The van der Waals surface area contributed by atoms with Crippen molar-refractivity contribution in [2.75, 3.05) is 6.54 Å². The second-order valence-electron chi connectivity index (χ2n) is 6.99. The van der Waals surface area contributed by atoms with Gasteiger partial charge in [-0.2, -0.15) is 0 Å². The molecule has 6 nitrogen and oxygen atoms in total. The average molecular weight is 451 g/mol. The largest absolute Gasteiger partial charge is 0.331 e. The standard InChI is InChI=1S/C23H22N4O2S2/c1-3-27(12-21-25-19-10-6-4-8-17(19)22(28)26-21)23(29)18-9-5-7-11-20(18)31-14-16-13-30-15(2)24-16/h4-11,13H,3,12,14H2,1-2H3,(H,25,26,28). The number of carbonyl (C=O) groups is 1. The molecule has 0 aliphatic heterocycles. The highest BCUT2D eigenvalue weighted by Crippen LogP contribution is 2.28. The van der Waals surface area contributed by atoms with Crippen LogP contribution in [0.15, 0.2) is 63.6 Å². The quantitative estimate of drug-likeness (QED) is 0.415. The number of aromatic nitrogens is 3. The number of hydrogen-bond acceptors (Lipinski definition) is 6. The van der Waals surface area contributed by atoms with E-state index in [1.807, 2.05) is 55.6 Å². The van der Waals surface area contributed by atoms with Crippen LogP contribution in [-0.4, -0.2) is 32.3 Å². The van der Waals surface area contributed by atoms with Crippen molar-refractivity contribution in [1.29, 1.82) is 0 Å². The summed E-state index contributed by atoms with van der Waals surface area (Å²) in [6.45, 7) is 4.64. The average Bonchev–Trinajstić information content (AvgIpc) is 3.21. The van der Waals surface area contributed by atoms with Crippen LogP contribution in [0, 0.1) is 6.92 Å². The van der Waals surface area contributed by atoms with E-state index in [0.29, 0.717) is 34.6 Å². The zero-order chi connectivity index (χ0) is 21.8. The van der Waals surface area contributed by atoms with Gasteiger partial charge in [-0.1, -0.05) is 24.3 Å². The molecule has 4 rings (SSSR count). The lowest BCUT2D eigenvalue weighted by atomic mass is 10.2. The van der Waals surface area contributed by atoms with E-state index in [2.05, 4.69) is 15.0 Å². The second kappa shape index (κ2) is 9.45. The van der Waals surface area contributed by atoms with Gasteiger partial charge in [-0.05, 0) is 38.1 Å². The molecule has 0 fully saturated rings. The molecule has 0 atom stereocenters. The molecule has 1 N–H and O–H groups in total. The fourth-order valence-electron chi connectivity index (χ4n) is 3.28. The Morgan fingerprint density at radius 3 is 2.68 bits per heavy atom. The summed E-state index contributed by atoms with van der Waals surface area (Å²) >= 11 is 3.23. The number of para-hydroxylation sites is 1. The third-order valence-corrected chi connectivity index (χ3v) is 6.76. The molecular formula is C23H22N4O2S2. The van der Waals surface area contributed by atoms with Crippen molar-refractivity contribution >= 4 is 39.9 Å². The highest BCUT2D eigenvalue weighted by atomic mass is 32.2. The minimum atomic E-state index is -0.196. The van der Waals surface area contributed by atoms with E-state index < -0.39 is 0 Å². The molecular weight excluding hydrogens is 428 g/mol. The molecule has 1 amide bonds. The Morgan fingerprint density at radius 2 is 1.90 bits per heavy atom. The number of amides is 1. The monoisotopic (exact) mass is 450 g/mol. The van der Waals surface area contributed by atoms with Crippen molar-refractivity contribution in [2.45, 2.75) is 31.0 Å². The predicted octanol–water partition coefficient (Wildman–Crippen LogP) is 4.64. The van der Waals surface area contributed by atoms with Crippen molar-refractivity contribution in [3.63, 3.8) is 0 Å². The summed E-state index contributed by atoms with van der Waals surface area (Å²) in [7, 11) is 0. The second-order valence-corrected chi connectivity index (χ2v) is 9.07. The Hall–Kier alpha value is -2.97. The van der Waals surface area contributed by atoms with E-state index >= 15 is 0 Å². The van der Waals surface area contributed by atoms with Crippen LogP contribution in [0.3, 0.4) is 0 Å². The molecule has 2 aromatic heterocycles. The molecule has 8 heteroatoms. The van der Waals surface area contributed by atoms with E-state index in [9.17, 15) is 9.59 Å². The Balaban J connectivity index is 1.56. The van der Waals surface area contributed by atoms with Crippen LogP contribution >= 0.6 is 23.1 Å². The van der Waals surface area contributed by atoms with Crippen LogP contribution in [0.5, 0.6) is 0 Å². The SMILES string of the molecule is CCN(Cc1nc2ccccc2c(=O)[nH]1)C(=O)c1ccccc1SCc1csc(C)n1. The van der Waals surface area contributed by atoms with Crippen molar-refractivity contribution in [2.24, 2.45) is 0 Å². The highest BCUT2D eigenvalue weighted by Gasteiger charge is 2.19. The zero-order valence-electron chi connectivity index (χ0n) is 17.3. The maximum Gasteiger partial charge on any atom is 0.258 e. The first-order valence-electron chi connectivity index (χ1n) is 9.95. The molecule has 4 aromatic rings. The first kappa shape index (κ1) is 21.3. The molecule has 0 saturated carbocycles. The third-order valence-electron chi connectivity index (χ3n) is 4.83. The normalized spacial score (nSPS) is 11.0. The van der Waals surface area contributed by atoms with Gasteiger partial charge in [0.15, 0.2) is 0 Å². The van der Waals surface area contributed by atoms with Crippen molar-refractivity contribution in [1.82, 2.24) is 19.9 Å². The number of hydrogen-bond donors (Lipinski definition) is 1. The van der Waals surface area contributed by atoms with Gasteiger partial charge in [0.2, 0.25) is 0 Å². The number of benzene rings is 2.